The van der Waals surface area contributed by atoms with Gasteiger partial charge in [-0.15, -0.1) is 0 Å². The minimum absolute atomic E-state index is 0.179. The van der Waals surface area contributed by atoms with Gasteiger partial charge in [-0.05, 0) is 25.2 Å². The summed E-state index contributed by atoms with van der Waals surface area (Å²) in [5, 5.41) is 2.92. The Balaban J connectivity index is 1.65. The van der Waals surface area contributed by atoms with Crippen molar-refractivity contribution in [3.63, 3.8) is 0 Å². The largest absolute Gasteiger partial charge is 0.496 e. The van der Waals surface area contributed by atoms with E-state index in [9.17, 15) is 4.79 Å². The molecule has 1 aromatic heterocycles. The third-order valence-corrected chi connectivity index (χ3v) is 4.48. The Morgan fingerprint density at radius 2 is 1.96 bits per heavy atom. The fraction of sp³-hybridized carbons (Fsp3) is 0.368. The van der Waals surface area contributed by atoms with Crippen molar-refractivity contribution < 1.29 is 9.53 Å². The van der Waals surface area contributed by atoms with E-state index < -0.39 is 0 Å². The Hall–Kier alpha value is -2.60. The van der Waals surface area contributed by atoms with Gasteiger partial charge >= 0.3 is 0 Å². The van der Waals surface area contributed by atoms with E-state index in [0.29, 0.717) is 12.2 Å². The number of pyridine rings is 1. The van der Waals surface area contributed by atoms with Crippen molar-refractivity contribution in [2.75, 3.05) is 45.2 Å². The number of nitrogens with one attached hydrogen (secondary N) is 1. The highest BCUT2D eigenvalue weighted by molar-refractivity contribution is 5.93. The van der Waals surface area contributed by atoms with Gasteiger partial charge in [0.2, 0.25) is 0 Å². The summed E-state index contributed by atoms with van der Waals surface area (Å²) in [6.45, 7) is 4.38. The van der Waals surface area contributed by atoms with Crippen LogP contribution in [0.4, 0.5) is 5.69 Å². The number of hydrogen-bond acceptors (Lipinski definition) is 5. The maximum atomic E-state index is 12.5. The molecule has 1 saturated heterocycles. The summed E-state index contributed by atoms with van der Waals surface area (Å²) in [5.74, 6) is 0.587. The molecule has 2 aromatic rings. The first-order valence-corrected chi connectivity index (χ1v) is 8.47. The summed E-state index contributed by atoms with van der Waals surface area (Å²) in [6, 6.07) is 11.5. The average Bonchev–Trinajstić information content (AvgIpc) is 2.67. The number of rotatable bonds is 5. The molecule has 25 heavy (non-hydrogen) atoms. The van der Waals surface area contributed by atoms with Gasteiger partial charge in [0.1, 0.15) is 11.4 Å². The highest BCUT2D eigenvalue weighted by Gasteiger charge is 2.16. The first-order valence-electron chi connectivity index (χ1n) is 8.47. The lowest BCUT2D eigenvalue weighted by molar-refractivity contribution is 0.0945. The van der Waals surface area contributed by atoms with Crippen molar-refractivity contribution in [2.45, 2.75) is 6.54 Å². The van der Waals surface area contributed by atoms with Gasteiger partial charge in [0.05, 0.1) is 7.11 Å². The summed E-state index contributed by atoms with van der Waals surface area (Å²) >= 11 is 0. The molecule has 3 rings (SSSR count). The van der Waals surface area contributed by atoms with Crippen molar-refractivity contribution in [2.24, 2.45) is 0 Å². The quantitative estimate of drug-likeness (QED) is 0.899. The molecule has 1 aliphatic rings. The third kappa shape index (κ3) is 4.28. The molecule has 2 heterocycles. The lowest BCUT2D eigenvalue weighted by atomic mass is 10.2. The Labute approximate surface area is 148 Å². The summed E-state index contributed by atoms with van der Waals surface area (Å²) in [6.07, 6.45) is 1.70. The van der Waals surface area contributed by atoms with Crippen molar-refractivity contribution in [3.8, 4) is 5.75 Å². The Kier molecular flexibility index (Phi) is 5.50. The van der Waals surface area contributed by atoms with Gasteiger partial charge in [-0.1, -0.05) is 18.2 Å². The lowest BCUT2D eigenvalue weighted by Crippen LogP contribution is -2.44. The molecule has 0 unspecified atom stereocenters. The van der Waals surface area contributed by atoms with Gasteiger partial charge in [-0.25, -0.2) is 0 Å². The maximum Gasteiger partial charge on any atom is 0.270 e. The molecule has 0 atom stereocenters. The van der Waals surface area contributed by atoms with E-state index in [4.69, 9.17) is 4.74 Å². The van der Waals surface area contributed by atoms with E-state index in [0.717, 1.165) is 43.2 Å². The second kappa shape index (κ2) is 7.98. The van der Waals surface area contributed by atoms with E-state index in [1.54, 1.807) is 13.3 Å². The molecule has 0 bridgehead atoms. The van der Waals surface area contributed by atoms with E-state index in [-0.39, 0.29) is 5.91 Å². The number of carbonyl (C=O) groups is 1. The van der Waals surface area contributed by atoms with Crippen LogP contribution in [0.25, 0.3) is 0 Å². The molecular formula is C19H24N4O2. The number of aromatic nitrogens is 1. The van der Waals surface area contributed by atoms with E-state index >= 15 is 0 Å². The molecule has 0 spiro atoms. The number of piperazine rings is 1. The van der Waals surface area contributed by atoms with Crippen molar-refractivity contribution in [1.29, 1.82) is 0 Å². The van der Waals surface area contributed by atoms with Gasteiger partial charge in [-0.2, -0.15) is 0 Å². The predicted molar refractivity (Wildman–Crippen MR) is 98.1 cm³/mol. The lowest BCUT2D eigenvalue weighted by Gasteiger charge is -2.34. The summed E-state index contributed by atoms with van der Waals surface area (Å²) in [4.78, 5) is 21.3. The molecule has 132 valence electrons. The highest BCUT2D eigenvalue weighted by Crippen LogP contribution is 2.18. The molecule has 1 fully saturated rings. The summed E-state index contributed by atoms with van der Waals surface area (Å²) in [7, 11) is 3.75. The number of nitrogens with zero attached hydrogens (tertiary/aromatic N) is 3. The van der Waals surface area contributed by atoms with Crippen molar-refractivity contribution in [3.05, 3.63) is 53.9 Å². The summed E-state index contributed by atoms with van der Waals surface area (Å²) in [5.41, 5.74) is 2.42. The Morgan fingerprint density at radius 3 is 2.72 bits per heavy atom. The van der Waals surface area contributed by atoms with Crippen LogP contribution in [0.1, 0.15) is 16.1 Å². The van der Waals surface area contributed by atoms with E-state index in [1.165, 1.54) is 0 Å². The number of benzene rings is 1. The first kappa shape index (κ1) is 17.2. The standard InChI is InChI=1S/C19H24N4O2/c1-22-9-11-23(12-10-22)16-7-8-20-17(13-16)19(24)21-14-15-5-3-4-6-18(15)25-2/h3-8,13H,9-12,14H2,1-2H3,(H,21,24). The number of ether oxygens (including phenoxy) is 1. The van der Waals surface area contributed by atoms with Crippen molar-refractivity contribution >= 4 is 11.6 Å². The van der Waals surface area contributed by atoms with Gasteiger partial charge in [0.15, 0.2) is 0 Å². The number of likely N-dealkylation sites (N-methyl/N-ethyl adjacent to an activating group) is 1. The number of methoxy groups -OCH3 is 1. The van der Waals surface area contributed by atoms with Crippen LogP contribution in [0.15, 0.2) is 42.6 Å². The van der Waals surface area contributed by atoms with Gasteiger partial charge < -0.3 is 19.9 Å². The SMILES string of the molecule is COc1ccccc1CNC(=O)c1cc(N2CCN(C)CC2)ccn1. The van der Waals surface area contributed by atoms with Crippen LogP contribution in [0.2, 0.25) is 0 Å². The maximum absolute atomic E-state index is 12.5. The van der Waals surface area contributed by atoms with E-state index in [2.05, 4.69) is 27.1 Å². The zero-order valence-electron chi connectivity index (χ0n) is 14.7. The van der Waals surface area contributed by atoms with E-state index in [1.807, 2.05) is 36.4 Å². The van der Waals surface area contributed by atoms with Gasteiger partial charge in [0.25, 0.3) is 5.91 Å². The molecule has 1 N–H and O–H groups in total. The van der Waals surface area contributed by atoms with Crippen LogP contribution < -0.4 is 15.0 Å². The van der Waals surface area contributed by atoms with Crippen LogP contribution in [0.5, 0.6) is 5.75 Å². The van der Waals surface area contributed by atoms with Crippen LogP contribution in [-0.2, 0) is 6.54 Å². The molecular weight excluding hydrogens is 316 g/mol. The second-order valence-electron chi connectivity index (χ2n) is 6.18. The topological polar surface area (TPSA) is 57.7 Å². The Bertz CT molecular complexity index is 727. The van der Waals surface area contributed by atoms with Crippen LogP contribution in [-0.4, -0.2) is 56.1 Å². The number of para-hydroxylation sites is 1. The van der Waals surface area contributed by atoms with Crippen LogP contribution in [0.3, 0.4) is 0 Å². The minimum Gasteiger partial charge on any atom is -0.496 e. The zero-order valence-corrected chi connectivity index (χ0v) is 14.7. The molecule has 1 aromatic carbocycles. The third-order valence-electron chi connectivity index (χ3n) is 4.48. The van der Waals surface area contributed by atoms with Gasteiger partial charge in [-0.3, -0.25) is 9.78 Å². The molecule has 6 nitrogen and oxygen atoms in total. The first-order chi connectivity index (χ1) is 12.2. The molecule has 1 aliphatic heterocycles. The number of carbonyl (C=O) groups excluding carboxylic acids is 1. The predicted octanol–water partition coefficient (Wildman–Crippen LogP) is 1.77. The monoisotopic (exact) mass is 340 g/mol. The molecule has 6 heteroatoms. The second-order valence-corrected chi connectivity index (χ2v) is 6.18. The normalized spacial score (nSPS) is 15.0. The summed E-state index contributed by atoms with van der Waals surface area (Å²) < 4.78 is 5.31. The average molecular weight is 340 g/mol. The highest BCUT2D eigenvalue weighted by atomic mass is 16.5. The number of hydrogen-bond donors (Lipinski definition) is 1. The van der Waals surface area contributed by atoms with Gasteiger partial charge in [0, 0.05) is 50.2 Å². The molecule has 0 aliphatic carbocycles. The van der Waals surface area contributed by atoms with Crippen molar-refractivity contribution in [1.82, 2.24) is 15.2 Å². The molecule has 0 radical (unpaired) electrons. The molecule has 1 amide bonds. The number of amides is 1. The van der Waals surface area contributed by atoms with Crippen LogP contribution in [0, 0.1) is 0 Å². The Morgan fingerprint density at radius 1 is 1.20 bits per heavy atom. The van der Waals surface area contributed by atoms with Crippen LogP contribution >= 0.6 is 0 Å². The fourth-order valence-corrected chi connectivity index (χ4v) is 2.92. The minimum atomic E-state index is -0.179. The zero-order chi connectivity index (χ0) is 17.6. The fourth-order valence-electron chi connectivity index (χ4n) is 2.92. The smallest absolute Gasteiger partial charge is 0.270 e. The number of anilines is 1. The molecule has 0 saturated carbocycles.